The highest BCUT2D eigenvalue weighted by molar-refractivity contribution is 7.89. The summed E-state index contributed by atoms with van der Waals surface area (Å²) < 4.78 is 25.1. The molecule has 3 N–H and O–H groups in total. The molecule has 1 aromatic carbocycles. The summed E-state index contributed by atoms with van der Waals surface area (Å²) in [5.74, 6) is -0.710. The lowest BCUT2D eigenvalue weighted by Gasteiger charge is -2.09. The molecule has 0 unspecified atom stereocenters. The number of amides is 2. The minimum absolute atomic E-state index is 0.0156. The SMILES string of the molecule is CCCS(=O)(=O)NCC(=O)Nc1cccc(NC(C)=O)c1. The summed E-state index contributed by atoms with van der Waals surface area (Å²) in [7, 11) is -3.41. The van der Waals surface area contributed by atoms with Gasteiger partial charge in [-0.2, -0.15) is 0 Å². The molecule has 0 saturated carbocycles. The molecule has 21 heavy (non-hydrogen) atoms. The van der Waals surface area contributed by atoms with Crippen molar-refractivity contribution in [2.75, 3.05) is 22.9 Å². The van der Waals surface area contributed by atoms with Gasteiger partial charge in [0.25, 0.3) is 0 Å². The number of nitrogens with one attached hydrogen (secondary N) is 3. The number of hydrogen-bond donors (Lipinski definition) is 3. The first-order chi connectivity index (χ1) is 9.82. The number of benzene rings is 1. The first-order valence-corrected chi connectivity index (χ1v) is 8.12. The van der Waals surface area contributed by atoms with E-state index < -0.39 is 15.9 Å². The molecule has 0 fully saturated rings. The minimum atomic E-state index is -3.41. The van der Waals surface area contributed by atoms with Gasteiger partial charge in [0.1, 0.15) is 0 Å². The fourth-order valence-electron chi connectivity index (χ4n) is 1.60. The van der Waals surface area contributed by atoms with Crippen molar-refractivity contribution in [1.82, 2.24) is 4.72 Å². The Morgan fingerprint density at radius 2 is 1.76 bits per heavy atom. The average molecular weight is 313 g/mol. The molecule has 0 spiro atoms. The summed E-state index contributed by atoms with van der Waals surface area (Å²) in [5, 5.41) is 5.14. The number of hydrogen-bond acceptors (Lipinski definition) is 4. The highest BCUT2D eigenvalue weighted by Gasteiger charge is 2.11. The number of rotatable bonds is 7. The predicted octanol–water partition coefficient (Wildman–Crippen LogP) is 0.913. The molecule has 1 rings (SSSR count). The van der Waals surface area contributed by atoms with E-state index in [2.05, 4.69) is 15.4 Å². The fourth-order valence-corrected chi connectivity index (χ4v) is 2.63. The molecular formula is C13H19N3O4S. The first kappa shape index (κ1) is 17.1. The number of anilines is 2. The standard InChI is InChI=1S/C13H19N3O4S/c1-3-7-21(19,20)14-9-13(18)16-12-6-4-5-11(8-12)15-10(2)17/h4-6,8,14H,3,7,9H2,1-2H3,(H,15,17)(H,16,18). The topological polar surface area (TPSA) is 104 Å². The Bertz CT molecular complexity index is 614. The molecule has 0 aliphatic heterocycles. The Morgan fingerprint density at radius 3 is 2.33 bits per heavy atom. The summed E-state index contributed by atoms with van der Waals surface area (Å²) in [6, 6.07) is 6.58. The van der Waals surface area contributed by atoms with Crippen molar-refractivity contribution in [2.24, 2.45) is 0 Å². The summed E-state index contributed by atoms with van der Waals surface area (Å²) in [4.78, 5) is 22.6. The molecule has 7 nitrogen and oxygen atoms in total. The Labute approximate surface area is 124 Å². The van der Waals surface area contributed by atoms with Crippen LogP contribution in [0.5, 0.6) is 0 Å². The molecule has 0 atom stereocenters. The number of carbonyl (C=O) groups excluding carboxylic acids is 2. The van der Waals surface area contributed by atoms with Crippen molar-refractivity contribution in [1.29, 1.82) is 0 Å². The maximum absolute atomic E-state index is 11.7. The van der Waals surface area contributed by atoms with Crippen molar-refractivity contribution >= 4 is 33.2 Å². The van der Waals surface area contributed by atoms with Crippen LogP contribution in [0.1, 0.15) is 20.3 Å². The van der Waals surface area contributed by atoms with Gasteiger partial charge in [0.15, 0.2) is 0 Å². The third-order valence-corrected chi connectivity index (χ3v) is 3.92. The van der Waals surface area contributed by atoms with E-state index in [-0.39, 0.29) is 18.2 Å². The van der Waals surface area contributed by atoms with Crippen molar-refractivity contribution in [3.8, 4) is 0 Å². The highest BCUT2D eigenvalue weighted by Crippen LogP contribution is 2.14. The van der Waals surface area contributed by atoms with Gasteiger partial charge in [0.05, 0.1) is 12.3 Å². The van der Waals surface area contributed by atoms with Gasteiger partial charge in [0.2, 0.25) is 21.8 Å². The number of sulfonamides is 1. The van der Waals surface area contributed by atoms with Gasteiger partial charge in [-0.05, 0) is 24.6 Å². The van der Waals surface area contributed by atoms with Crippen molar-refractivity contribution < 1.29 is 18.0 Å². The van der Waals surface area contributed by atoms with Crippen molar-refractivity contribution in [2.45, 2.75) is 20.3 Å². The molecule has 0 bridgehead atoms. The van der Waals surface area contributed by atoms with Gasteiger partial charge >= 0.3 is 0 Å². The Kier molecular flexibility index (Phi) is 6.32. The molecular weight excluding hydrogens is 294 g/mol. The monoisotopic (exact) mass is 313 g/mol. The lowest BCUT2D eigenvalue weighted by Crippen LogP contribution is -2.34. The van der Waals surface area contributed by atoms with Crippen LogP contribution < -0.4 is 15.4 Å². The van der Waals surface area contributed by atoms with Crippen LogP contribution in [0.4, 0.5) is 11.4 Å². The van der Waals surface area contributed by atoms with Crippen LogP contribution in [-0.2, 0) is 19.6 Å². The van der Waals surface area contributed by atoms with E-state index in [4.69, 9.17) is 0 Å². The van der Waals surface area contributed by atoms with Crippen LogP contribution in [0, 0.1) is 0 Å². The smallest absolute Gasteiger partial charge is 0.239 e. The Balaban J connectivity index is 2.57. The van der Waals surface area contributed by atoms with E-state index in [1.165, 1.54) is 6.92 Å². The second-order valence-corrected chi connectivity index (χ2v) is 6.38. The van der Waals surface area contributed by atoms with Crippen LogP contribution >= 0.6 is 0 Å². The molecule has 0 saturated heterocycles. The second kappa shape index (κ2) is 7.75. The lowest BCUT2D eigenvalue weighted by atomic mass is 10.2. The predicted molar refractivity (Wildman–Crippen MR) is 81.5 cm³/mol. The van der Waals surface area contributed by atoms with Gasteiger partial charge in [-0.3, -0.25) is 9.59 Å². The average Bonchev–Trinajstić information content (AvgIpc) is 2.36. The van der Waals surface area contributed by atoms with E-state index >= 15 is 0 Å². The van der Waals surface area contributed by atoms with E-state index in [0.717, 1.165) is 0 Å². The summed E-state index contributed by atoms with van der Waals surface area (Å²) in [6.07, 6.45) is 0.482. The molecule has 116 valence electrons. The second-order valence-electron chi connectivity index (χ2n) is 4.45. The fraction of sp³-hybridized carbons (Fsp3) is 0.385. The Morgan fingerprint density at radius 1 is 1.14 bits per heavy atom. The zero-order valence-electron chi connectivity index (χ0n) is 12.0. The van der Waals surface area contributed by atoms with E-state index in [9.17, 15) is 18.0 Å². The van der Waals surface area contributed by atoms with Crippen molar-refractivity contribution in [3.05, 3.63) is 24.3 Å². The van der Waals surface area contributed by atoms with Crippen LogP contribution in [-0.4, -0.2) is 32.5 Å². The third kappa shape index (κ3) is 6.87. The lowest BCUT2D eigenvalue weighted by molar-refractivity contribution is -0.115. The molecule has 0 heterocycles. The normalized spacial score (nSPS) is 11.0. The zero-order chi connectivity index (χ0) is 15.9. The van der Waals surface area contributed by atoms with Gasteiger partial charge in [-0.25, -0.2) is 13.1 Å². The Hall–Kier alpha value is -1.93. The zero-order valence-corrected chi connectivity index (χ0v) is 12.8. The largest absolute Gasteiger partial charge is 0.326 e. The minimum Gasteiger partial charge on any atom is -0.326 e. The molecule has 1 aromatic rings. The van der Waals surface area contributed by atoms with Crippen LogP contribution in [0.15, 0.2) is 24.3 Å². The van der Waals surface area contributed by atoms with Crippen LogP contribution in [0.25, 0.3) is 0 Å². The molecule has 8 heteroatoms. The van der Waals surface area contributed by atoms with Gasteiger partial charge in [0, 0.05) is 18.3 Å². The molecule has 0 aliphatic rings. The van der Waals surface area contributed by atoms with Gasteiger partial charge in [-0.15, -0.1) is 0 Å². The quantitative estimate of drug-likeness (QED) is 0.696. The maximum Gasteiger partial charge on any atom is 0.239 e. The summed E-state index contributed by atoms with van der Waals surface area (Å²) >= 11 is 0. The van der Waals surface area contributed by atoms with Gasteiger partial charge in [-0.1, -0.05) is 13.0 Å². The summed E-state index contributed by atoms with van der Waals surface area (Å²) in [6.45, 7) is 2.80. The van der Waals surface area contributed by atoms with Crippen LogP contribution in [0.3, 0.4) is 0 Å². The van der Waals surface area contributed by atoms with E-state index in [0.29, 0.717) is 17.8 Å². The van der Waals surface area contributed by atoms with Gasteiger partial charge < -0.3 is 10.6 Å². The molecule has 0 aromatic heterocycles. The third-order valence-electron chi connectivity index (χ3n) is 2.39. The van der Waals surface area contributed by atoms with Crippen molar-refractivity contribution in [3.63, 3.8) is 0 Å². The molecule has 0 radical (unpaired) electrons. The molecule has 2 amide bonds. The summed E-state index contributed by atoms with van der Waals surface area (Å²) in [5.41, 5.74) is 1.02. The maximum atomic E-state index is 11.7. The van der Waals surface area contributed by atoms with Crippen LogP contribution in [0.2, 0.25) is 0 Å². The first-order valence-electron chi connectivity index (χ1n) is 6.47. The highest BCUT2D eigenvalue weighted by atomic mass is 32.2. The van der Waals surface area contributed by atoms with E-state index in [1.807, 2.05) is 0 Å². The molecule has 0 aliphatic carbocycles. The number of carbonyl (C=O) groups is 2. The van der Waals surface area contributed by atoms with E-state index in [1.54, 1.807) is 31.2 Å².